The number of aromatic nitrogens is 2. The Morgan fingerprint density at radius 1 is 1.31 bits per heavy atom. The second-order valence-electron chi connectivity index (χ2n) is 4.33. The quantitative estimate of drug-likeness (QED) is 0.763. The first kappa shape index (κ1) is 9.60. The summed E-state index contributed by atoms with van der Waals surface area (Å²) in [5, 5.41) is 10.3. The van der Waals surface area contributed by atoms with Crippen LogP contribution >= 0.6 is 0 Å². The van der Waals surface area contributed by atoms with Crippen LogP contribution in [0.2, 0.25) is 0 Å². The Morgan fingerprint density at radius 2 is 2.25 bits per heavy atom. The molecule has 0 bridgehead atoms. The molecule has 0 aliphatic carbocycles. The first-order valence-corrected chi connectivity index (χ1v) is 5.70. The van der Waals surface area contributed by atoms with Crippen LogP contribution in [-0.2, 0) is 6.42 Å². The Labute approximate surface area is 94.9 Å². The van der Waals surface area contributed by atoms with Crippen molar-refractivity contribution in [1.82, 2.24) is 15.5 Å². The first-order chi connectivity index (χ1) is 7.84. The summed E-state index contributed by atoms with van der Waals surface area (Å²) in [5.74, 6) is 0. The predicted octanol–water partition coefficient (Wildman–Crippen LogP) is 2.28. The lowest BCUT2D eigenvalue weighted by Crippen LogP contribution is -2.27. The van der Waals surface area contributed by atoms with Crippen molar-refractivity contribution >= 4 is 0 Å². The van der Waals surface area contributed by atoms with Crippen LogP contribution in [0, 0.1) is 0 Å². The maximum absolute atomic E-state index is 3.99. The van der Waals surface area contributed by atoms with Gasteiger partial charge < -0.3 is 5.32 Å². The zero-order valence-electron chi connectivity index (χ0n) is 9.33. The van der Waals surface area contributed by atoms with Gasteiger partial charge in [0.25, 0.3) is 0 Å². The van der Waals surface area contributed by atoms with Crippen molar-refractivity contribution in [3.63, 3.8) is 0 Å². The second kappa shape index (κ2) is 3.76. The monoisotopic (exact) mass is 213 g/mol. The molecule has 1 aromatic heterocycles. The van der Waals surface area contributed by atoms with E-state index >= 15 is 0 Å². The number of nitrogens with zero attached hydrogens (tertiary/aromatic N) is 1. The molecule has 2 N–H and O–H groups in total. The van der Waals surface area contributed by atoms with Crippen molar-refractivity contribution in [3.05, 3.63) is 41.7 Å². The van der Waals surface area contributed by atoms with E-state index in [0.29, 0.717) is 6.04 Å². The molecule has 0 fully saturated rings. The Balaban J connectivity index is 2.05. The van der Waals surface area contributed by atoms with Gasteiger partial charge in [0.1, 0.15) is 0 Å². The van der Waals surface area contributed by atoms with Crippen molar-refractivity contribution < 1.29 is 0 Å². The molecule has 0 saturated heterocycles. The number of rotatable bonds is 1. The molecule has 1 unspecified atom stereocenters. The van der Waals surface area contributed by atoms with Gasteiger partial charge in [0, 0.05) is 17.8 Å². The fourth-order valence-electron chi connectivity index (χ4n) is 2.37. The van der Waals surface area contributed by atoms with Crippen LogP contribution in [-0.4, -0.2) is 16.7 Å². The van der Waals surface area contributed by atoms with E-state index in [1.54, 1.807) is 0 Å². The number of benzene rings is 1. The molecule has 0 amide bonds. The summed E-state index contributed by atoms with van der Waals surface area (Å²) in [4.78, 5) is 0. The molecule has 0 spiro atoms. The van der Waals surface area contributed by atoms with E-state index in [2.05, 4.69) is 40.6 Å². The molecular weight excluding hydrogens is 198 g/mol. The standard InChI is InChI=1S/C13H15N3/c1-9-13-3-2-10(12-7-15-16-8-12)6-11(13)4-5-14-9/h2-3,6-9,14H,4-5H2,1H3,(H,15,16). The highest BCUT2D eigenvalue weighted by molar-refractivity contribution is 5.63. The third-order valence-electron chi connectivity index (χ3n) is 3.29. The molecule has 3 heteroatoms. The zero-order valence-corrected chi connectivity index (χ0v) is 9.33. The number of H-pyrrole nitrogens is 1. The highest BCUT2D eigenvalue weighted by Gasteiger charge is 2.15. The number of fused-ring (bicyclic) bond motifs is 1. The largest absolute Gasteiger partial charge is 0.310 e. The SMILES string of the molecule is CC1NCCc2cc(-c3cn[nH]c3)ccc21. The van der Waals surface area contributed by atoms with Crippen molar-refractivity contribution in [2.75, 3.05) is 6.54 Å². The van der Waals surface area contributed by atoms with Crippen molar-refractivity contribution in [3.8, 4) is 11.1 Å². The van der Waals surface area contributed by atoms with Gasteiger partial charge in [0.05, 0.1) is 6.20 Å². The molecule has 0 saturated carbocycles. The lowest BCUT2D eigenvalue weighted by molar-refractivity contribution is 0.541. The van der Waals surface area contributed by atoms with Crippen LogP contribution in [0.1, 0.15) is 24.1 Å². The number of hydrogen-bond acceptors (Lipinski definition) is 2. The fraction of sp³-hybridized carbons (Fsp3) is 0.308. The van der Waals surface area contributed by atoms with Gasteiger partial charge in [-0.25, -0.2) is 0 Å². The highest BCUT2D eigenvalue weighted by atomic mass is 15.1. The summed E-state index contributed by atoms with van der Waals surface area (Å²) >= 11 is 0. The zero-order chi connectivity index (χ0) is 11.0. The number of aromatic amines is 1. The minimum atomic E-state index is 0.474. The van der Waals surface area contributed by atoms with Crippen LogP contribution in [0.3, 0.4) is 0 Å². The Hall–Kier alpha value is -1.61. The molecule has 3 rings (SSSR count). The summed E-state index contributed by atoms with van der Waals surface area (Å²) in [6, 6.07) is 7.17. The van der Waals surface area contributed by atoms with Gasteiger partial charge in [-0.2, -0.15) is 5.10 Å². The molecule has 1 aliphatic heterocycles. The van der Waals surface area contributed by atoms with Crippen LogP contribution in [0.5, 0.6) is 0 Å². The molecular formula is C13H15N3. The molecule has 2 aromatic rings. The average molecular weight is 213 g/mol. The van der Waals surface area contributed by atoms with Gasteiger partial charge in [-0.05, 0) is 36.6 Å². The smallest absolute Gasteiger partial charge is 0.0565 e. The molecule has 1 aliphatic rings. The molecule has 1 atom stereocenters. The number of nitrogens with one attached hydrogen (secondary N) is 2. The average Bonchev–Trinajstić information content (AvgIpc) is 2.82. The van der Waals surface area contributed by atoms with E-state index in [-0.39, 0.29) is 0 Å². The van der Waals surface area contributed by atoms with Crippen LogP contribution in [0.25, 0.3) is 11.1 Å². The summed E-state index contributed by atoms with van der Waals surface area (Å²) in [6.45, 7) is 3.29. The van der Waals surface area contributed by atoms with Crippen molar-refractivity contribution in [2.45, 2.75) is 19.4 Å². The maximum Gasteiger partial charge on any atom is 0.0565 e. The summed E-state index contributed by atoms with van der Waals surface area (Å²) in [5.41, 5.74) is 5.30. The van der Waals surface area contributed by atoms with Gasteiger partial charge >= 0.3 is 0 Å². The van der Waals surface area contributed by atoms with Gasteiger partial charge in [-0.3, -0.25) is 5.10 Å². The van der Waals surface area contributed by atoms with Crippen molar-refractivity contribution in [1.29, 1.82) is 0 Å². The highest BCUT2D eigenvalue weighted by Crippen LogP contribution is 2.27. The minimum Gasteiger partial charge on any atom is -0.310 e. The third-order valence-corrected chi connectivity index (χ3v) is 3.29. The van der Waals surface area contributed by atoms with E-state index in [1.807, 2.05) is 12.4 Å². The molecule has 82 valence electrons. The van der Waals surface area contributed by atoms with Gasteiger partial charge in [0.15, 0.2) is 0 Å². The van der Waals surface area contributed by atoms with Crippen LogP contribution in [0.4, 0.5) is 0 Å². The minimum absolute atomic E-state index is 0.474. The van der Waals surface area contributed by atoms with Gasteiger partial charge in [-0.1, -0.05) is 18.2 Å². The van der Waals surface area contributed by atoms with E-state index in [1.165, 1.54) is 16.7 Å². The lowest BCUT2D eigenvalue weighted by Gasteiger charge is -2.24. The van der Waals surface area contributed by atoms with E-state index < -0.39 is 0 Å². The third kappa shape index (κ3) is 1.53. The molecule has 0 radical (unpaired) electrons. The summed E-state index contributed by atoms with van der Waals surface area (Å²) < 4.78 is 0. The van der Waals surface area contributed by atoms with Crippen molar-refractivity contribution in [2.24, 2.45) is 0 Å². The van der Waals surface area contributed by atoms with Gasteiger partial charge in [-0.15, -0.1) is 0 Å². The molecule has 2 heterocycles. The lowest BCUT2D eigenvalue weighted by atomic mass is 9.92. The van der Waals surface area contributed by atoms with Crippen LogP contribution in [0.15, 0.2) is 30.6 Å². The molecule has 16 heavy (non-hydrogen) atoms. The first-order valence-electron chi connectivity index (χ1n) is 5.70. The molecule has 3 nitrogen and oxygen atoms in total. The van der Waals surface area contributed by atoms with E-state index in [4.69, 9.17) is 0 Å². The topological polar surface area (TPSA) is 40.7 Å². The molecule has 1 aromatic carbocycles. The fourth-order valence-corrected chi connectivity index (χ4v) is 2.37. The van der Waals surface area contributed by atoms with Crippen LogP contribution < -0.4 is 5.32 Å². The Kier molecular flexibility index (Phi) is 2.26. The number of hydrogen-bond donors (Lipinski definition) is 2. The predicted molar refractivity (Wildman–Crippen MR) is 64.1 cm³/mol. The summed E-state index contributed by atoms with van der Waals surface area (Å²) in [6.07, 6.45) is 4.92. The van der Waals surface area contributed by atoms with E-state index in [0.717, 1.165) is 18.5 Å². The normalized spacial score (nSPS) is 19.4. The summed E-state index contributed by atoms with van der Waals surface area (Å²) in [7, 11) is 0. The maximum atomic E-state index is 3.99. The Bertz CT molecular complexity index is 488. The second-order valence-corrected chi connectivity index (χ2v) is 4.33. The van der Waals surface area contributed by atoms with Gasteiger partial charge in [0.2, 0.25) is 0 Å². The van der Waals surface area contributed by atoms with E-state index in [9.17, 15) is 0 Å². The Morgan fingerprint density at radius 3 is 3.06 bits per heavy atom.